The van der Waals surface area contributed by atoms with Crippen LogP contribution in [0.5, 0.6) is 17.2 Å². The summed E-state index contributed by atoms with van der Waals surface area (Å²) in [5.41, 5.74) is 6.27. The molecule has 0 aliphatic carbocycles. The van der Waals surface area contributed by atoms with Crippen LogP contribution in [0.2, 0.25) is 0 Å². The quantitative estimate of drug-likeness (QED) is 0.341. The molecule has 0 heterocycles. The maximum absolute atomic E-state index is 13.5. The fourth-order valence-corrected chi connectivity index (χ4v) is 3.68. The molecule has 0 spiro atoms. The van der Waals surface area contributed by atoms with Gasteiger partial charge < -0.3 is 24.8 Å². The minimum absolute atomic E-state index is 0.00781. The normalized spacial score (nSPS) is 12.6. The van der Waals surface area contributed by atoms with Crippen LogP contribution in [0.4, 0.5) is 32.0 Å². The van der Waals surface area contributed by atoms with Crippen molar-refractivity contribution in [1.82, 2.24) is 0 Å². The SMILES string of the molecule is COc1ccc(N(CCc2ccc(C(F)(F)F)cc2)C(=O)C(N)c2cccc(OC(F)(F)F)c2)cc1OC. The molecule has 0 aliphatic rings. The molecule has 0 aliphatic heterocycles. The van der Waals surface area contributed by atoms with E-state index in [4.69, 9.17) is 15.2 Å². The van der Waals surface area contributed by atoms with Crippen molar-refractivity contribution in [1.29, 1.82) is 0 Å². The van der Waals surface area contributed by atoms with Crippen LogP contribution < -0.4 is 24.8 Å². The predicted molar refractivity (Wildman–Crippen MR) is 127 cm³/mol. The van der Waals surface area contributed by atoms with Gasteiger partial charge in [0.1, 0.15) is 11.8 Å². The molecule has 6 nitrogen and oxygen atoms in total. The summed E-state index contributed by atoms with van der Waals surface area (Å²) in [6.07, 6.45) is -9.26. The Hall–Kier alpha value is -3.93. The van der Waals surface area contributed by atoms with Crippen molar-refractivity contribution >= 4 is 11.6 Å². The number of methoxy groups -OCH3 is 2. The second kappa shape index (κ2) is 11.6. The van der Waals surface area contributed by atoms with E-state index in [2.05, 4.69) is 4.74 Å². The molecule has 0 saturated heterocycles. The van der Waals surface area contributed by atoms with Crippen molar-refractivity contribution in [3.8, 4) is 17.2 Å². The van der Waals surface area contributed by atoms with E-state index in [1.165, 1.54) is 49.5 Å². The van der Waals surface area contributed by atoms with Crippen LogP contribution in [-0.4, -0.2) is 33.0 Å². The Balaban J connectivity index is 1.91. The average molecular weight is 542 g/mol. The minimum atomic E-state index is -4.93. The average Bonchev–Trinajstić information content (AvgIpc) is 2.87. The van der Waals surface area contributed by atoms with Crippen LogP contribution in [0.25, 0.3) is 0 Å². The summed E-state index contributed by atoms with van der Waals surface area (Å²) in [5.74, 6) is -0.534. The van der Waals surface area contributed by atoms with E-state index >= 15 is 0 Å². The summed E-state index contributed by atoms with van der Waals surface area (Å²) in [6.45, 7) is -0.00781. The number of halogens is 6. The molecular formula is C26H24F6N2O4. The number of nitrogens with two attached hydrogens (primary N) is 1. The zero-order chi connectivity index (χ0) is 28.1. The first kappa shape index (κ1) is 28.6. The highest BCUT2D eigenvalue weighted by molar-refractivity contribution is 5.98. The van der Waals surface area contributed by atoms with Gasteiger partial charge in [-0.25, -0.2) is 0 Å². The smallest absolute Gasteiger partial charge is 0.493 e. The Kier molecular flexibility index (Phi) is 8.77. The van der Waals surface area contributed by atoms with Crippen LogP contribution in [0, 0.1) is 0 Å². The number of ether oxygens (including phenoxy) is 3. The number of nitrogens with zero attached hydrogens (tertiary/aromatic N) is 1. The summed E-state index contributed by atoms with van der Waals surface area (Å²) in [6, 6.07) is 12.5. The molecule has 0 radical (unpaired) electrons. The second-order valence-electron chi connectivity index (χ2n) is 8.07. The van der Waals surface area contributed by atoms with Gasteiger partial charge in [-0.15, -0.1) is 13.2 Å². The molecule has 12 heteroatoms. The Morgan fingerprint density at radius 2 is 1.55 bits per heavy atom. The lowest BCUT2D eigenvalue weighted by atomic mass is 10.0. The van der Waals surface area contributed by atoms with E-state index in [0.717, 1.165) is 24.3 Å². The number of hydrogen-bond acceptors (Lipinski definition) is 5. The molecule has 2 N–H and O–H groups in total. The molecule has 1 amide bonds. The number of carbonyl (C=O) groups excluding carboxylic acids is 1. The van der Waals surface area contributed by atoms with Crippen LogP contribution in [0.1, 0.15) is 22.7 Å². The topological polar surface area (TPSA) is 74.0 Å². The minimum Gasteiger partial charge on any atom is -0.493 e. The highest BCUT2D eigenvalue weighted by Crippen LogP contribution is 2.34. The second-order valence-corrected chi connectivity index (χ2v) is 8.07. The van der Waals surface area contributed by atoms with Crippen molar-refractivity contribution in [2.75, 3.05) is 25.7 Å². The molecule has 3 aromatic carbocycles. The number of carbonyl (C=O) groups is 1. The van der Waals surface area contributed by atoms with Gasteiger partial charge in [0.15, 0.2) is 11.5 Å². The monoisotopic (exact) mass is 542 g/mol. The zero-order valence-corrected chi connectivity index (χ0v) is 20.3. The molecule has 38 heavy (non-hydrogen) atoms. The van der Waals surface area contributed by atoms with Gasteiger partial charge in [-0.2, -0.15) is 13.2 Å². The summed E-state index contributed by atoms with van der Waals surface area (Å²) in [7, 11) is 2.82. The number of anilines is 1. The summed E-state index contributed by atoms with van der Waals surface area (Å²) < 4.78 is 91.1. The number of amides is 1. The summed E-state index contributed by atoms with van der Waals surface area (Å²) in [4.78, 5) is 14.8. The lowest BCUT2D eigenvalue weighted by molar-refractivity contribution is -0.274. The maximum Gasteiger partial charge on any atom is 0.573 e. The Morgan fingerprint density at radius 3 is 2.13 bits per heavy atom. The van der Waals surface area contributed by atoms with Crippen LogP contribution in [0.3, 0.4) is 0 Å². The van der Waals surface area contributed by atoms with Crippen molar-refractivity contribution in [3.05, 3.63) is 83.4 Å². The van der Waals surface area contributed by atoms with Crippen LogP contribution in [-0.2, 0) is 17.4 Å². The largest absolute Gasteiger partial charge is 0.573 e. The molecule has 0 fully saturated rings. The molecular weight excluding hydrogens is 518 g/mol. The van der Waals surface area contributed by atoms with E-state index < -0.39 is 35.8 Å². The first-order chi connectivity index (χ1) is 17.8. The van der Waals surface area contributed by atoms with Gasteiger partial charge in [-0.1, -0.05) is 24.3 Å². The number of hydrogen-bond donors (Lipinski definition) is 1. The van der Waals surface area contributed by atoms with Gasteiger partial charge in [0.05, 0.1) is 19.8 Å². The van der Waals surface area contributed by atoms with E-state index in [1.54, 1.807) is 12.1 Å². The zero-order valence-electron chi connectivity index (χ0n) is 20.3. The van der Waals surface area contributed by atoms with Crippen molar-refractivity contribution in [2.45, 2.75) is 25.0 Å². The van der Waals surface area contributed by atoms with E-state index in [1.807, 2.05) is 0 Å². The standard InChI is InChI=1S/C26H24F6N2O4/c1-36-21-11-10-19(15-22(21)37-2)34(13-12-16-6-8-18(9-7-16)25(27,28)29)24(35)23(33)17-4-3-5-20(14-17)38-26(30,31)32/h3-11,14-15,23H,12-13,33H2,1-2H3. The highest BCUT2D eigenvalue weighted by atomic mass is 19.4. The van der Waals surface area contributed by atoms with Gasteiger partial charge in [0.2, 0.25) is 5.91 Å². The van der Waals surface area contributed by atoms with Gasteiger partial charge in [0.25, 0.3) is 0 Å². The number of alkyl halides is 6. The van der Waals surface area contributed by atoms with Crippen molar-refractivity contribution < 1.29 is 45.3 Å². The van der Waals surface area contributed by atoms with E-state index in [-0.39, 0.29) is 18.5 Å². The van der Waals surface area contributed by atoms with Gasteiger partial charge in [0, 0.05) is 18.3 Å². The fourth-order valence-electron chi connectivity index (χ4n) is 3.68. The van der Waals surface area contributed by atoms with E-state index in [0.29, 0.717) is 22.7 Å². The maximum atomic E-state index is 13.5. The molecule has 3 aromatic rings. The van der Waals surface area contributed by atoms with Gasteiger partial charge in [-0.05, 0) is 53.9 Å². The molecule has 1 unspecified atom stereocenters. The number of benzene rings is 3. The van der Waals surface area contributed by atoms with Gasteiger partial charge >= 0.3 is 12.5 Å². The molecule has 0 saturated carbocycles. The van der Waals surface area contributed by atoms with Crippen LogP contribution >= 0.6 is 0 Å². The molecule has 3 rings (SSSR count). The van der Waals surface area contributed by atoms with Crippen molar-refractivity contribution in [2.24, 2.45) is 5.73 Å². The molecule has 1 atom stereocenters. The van der Waals surface area contributed by atoms with Crippen LogP contribution in [0.15, 0.2) is 66.7 Å². The third-order valence-electron chi connectivity index (χ3n) is 5.57. The third kappa shape index (κ3) is 7.31. The summed E-state index contributed by atoms with van der Waals surface area (Å²) in [5, 5.41) is 0. The molecule has 204 valence electrons. The van der Waals surface area contributed by atoms with E-state index in [9.17, 15) is 31.1 Å². The lowest BCUT2D eigenvalue weighted by Crippen LogP contribution is -2.40. The fraction of sp³-hybridized carbons (Fsp3) is 0.269. The third-order valence-corrected chi connectivity index (χ3v) is 5.57. The summed E-state index contributed by atoms with van der Waals surface area (Å²) >= 11 is 0. The first-order valence-electron chi connectivity index (χ1n) is 11.1. The highest BCUT2D eigenvalue weighted by Gasteiger charge is 2.32. The molecule has 0 aromatic heterocycles. The first-order valence-corrected chi connectivity index (χ1v) is 11.1. The Morgan fingerprint density at radius 1 is 0.895 bits per heavy atom. The van der Waals surface area contributed by atoms with Gasteiger partial charge in [-0.3, -0.25) is 4.79 Å². The molecule has 0 bridgehead atoms. The predicted octanol–water partition coefficient (Wildman–Crippen LogP) is 5.90. The van der Waals surface area contributed by atoms with Crippen molar-refractivity contribution in [3.63, 3.8) is 0 Å². The Labute approximate surface area is 214 Å². The number of rotatable bonds is 9. The Bertz CT molecular complexity index is 1250. The lowest BCUT2D eigenvalue weighted by Gasteiger charge is -2.27.